The Balaban J connectivity index is 1.54. The monoisotopic (exact) mass is 626 g/mol. The molecule has 4 aromatic rings. The number of nitrogens with zero attached hydrogens (tertiary/aromatic N) is 2. The second kappa shape index (κ2) is 12.5. The Morgan fingerprint density at radius 2 is 1.84 bits per heavy atom. The van der Waals surface area contributed by atoms with Gasteiger partial charge in [-0.3, -0.25) is 9.36 Å². The van der Waals surface area contributed by atoms with Gasteiger partial charge in [-0.1, -0.05) is 35.6 Å². The van der Waals surface area contributed by atoms with E-state index in [1.165, 1.54) is 48.1 Å². The maximum absolute atomic E-state index is 13.8. The Morgan fingerprint density at radius 1 is 1.09 bits per heavy atom. The molecule has 3 aromatic carbocycles. The van der Waals surface area contributed by atoms with Gasteiger partial charge in [-0.2, -0.15) is 13.2 Å². The molecule has 0 saturated carbocycles. The molecule has 1 aromatic heterocycles. The maximum atomic E-state index is 13.8. The molecule has 0 saturated heterocycles. The van der Waals surface area contributed by atoms with E-state index in [1.54, 1.807) is 38.1 Å². The number of ether oxygens (including phenoxy) is 3. The summed E-state index contributed by atoms with van der Waals surface area (Å²) >= 11 is 1.12. The van der Waals surface area contributed by atoms with Crippen LogP contribution in [0.25, 0.3) is 6.08 Å². The van der Waals surface area contributed by atoms with Crippen LogP contribution in [-0.2, 0) is 22.3 Å². The van der Waals surface area contributed by atoms with Gasteiger partial charge in [0.15, 0.2) is 4.80 Å². The van der Waals surface area contributed by atoms with Crippen LogP contribution in [0.5, 0.6) is 11.5 Å². The second-order valence-corrected chi connectivity index (χ2v) is 10.7. The molecule has 44 heavy (non-hydrogen) atoms. The van der Waals surface area contributed by atoms with Gasteiger partial charge in [0, 0.05) is 5.56 Å². The molecule has 5 rings (SSSR count). The number of esters is 1. The maximum Gasteiger partial charge on any atom is 0.416 e. The van der Waals surface area contributed by atoms with Gasteiger partial charge in [0.1, 0.15) is 23.9 Å². The second-order valence-electron chi connectivity index (χ2n) is 9.74. The van der Waals surface area contributed by atoms with E-state index in [9.17, 15) is 27.2 Å². The van der Waals surface area contributed by atoms with Crippen LogP contribution in [0.15, 0.2) is 87.8 Å². The number of alkyl halides is 3. The van der Waals surface area contributed by atoms with Gasteiger partial charge in [0.25, 0.3) is 5.56 Å². The van der Waals surface area contributed by atoms with Gasteiger partial charge in [-0.05, 0) is 73.5 Å². The number of hydrogen-bond donors (Lipinski definition) is 0. The van der Waals surface area contributed by atoms with Crippen LogP contribution < -0.4 is 24.4 Å². The van der Waals surface area contributed by atoms with Gasteiger partial charge in [0.05, 0.1) is 41.1 Å². The number of rotatable bonds is 8. The Morgan fingerprint density at radius 3 is 2.52 bits per heavy atom. The molecule has 0 amide bonds. The third-order valence-electron chi connectivity index (χ3n) is 6.86. The Hall–Kier alpha value is -4.71. The predicted octanol–water partition coefficient (Wildman–Crippen LogP) is 5.54. The zero-order valence-electron chi connectivity index (χ0n) is 23.8. The molecule has 1 aliphatic rings. The van der Waals surface area contributed by atoms with Crippen molar-refractivity contribution in [2.75, 3.05) is 13.7 Å². The van der Waals surface area contributed by atoms with Gasteiger partial charge >= 0.3 is 12.1 Å². The number of thiazole rings is 1. The lowest BCUT2D eigenvalue weighted by Gasteiger charge is -2.24. The minimum atomic E-state index is -4.51. The van der Waals surface area contributed by atoms with Gasteiger partial charge < -0.3 is 14.2 Å². The molecular formula is C32H26F4N2O5S. The largest absolute Gasteiger partial charge is 0.496 e. The standard InChI is InChI=1S/C32H26F4N2O5S/c1-4-42-30(40)27-18(2)37-31-38(28(27)20-9-11-23(33)12-10-20)29(39)26(44-31)15-19-8-13-25(41-3)21(14-19)17-43-24-7-5-6-22(16-24)32(34,35)36/h5-16,28H,4,17H2,1-3H3/t28-/m0/s1. The molecule has 0 radical (unpaired) electrons. The Bertz CT molecular complexity index is 1930. The highest BCUT2D eigenvalue weighted by Crippen LogP contribution is 2.33. The van der Waals surface area contributed by atoms with Crippen LogP contribution in [0.1, 0.15) is 42.1 Å². The summed E-state index contributed by atoms with van der Waals surface area (Å²) in [6.07, 6.45) is -2.87. The molecule has 7 nitrogen and oxygen atoms in total. The van der Waals surface area contributed by atoms with E-state index in [-0.39, 0.29) is 24.5 Å². The molecule has 12 heteroatoms. The minimum absolute atomic E-state index is 0.0363. The van der Waals surface area contributed by atoms with Crippen molar-refractivity contribution >= 4 is 23.4 Å². The Kier molecular flexibility index (Phi) is 8.73. The third kappa shape index (κ3) is 6.30. The molecule has 2 heterocycles. The van der Waals surface area contributed by atoms with E-state index >= 15 is 0 Å². The molecule has 1 atom stereocenters. The van der Waals surface area contributed by atoms with E-state index < -0.39 is 35.1 Å². The molecule has 0 N–H and O–H groups in total. The lowest BCUT2D eigenvalue weighted by atomic mass is 9.96. The molecule has 0 unspecified atom stereocenters. The van der Waals surface area contributed by atoms with E-state index in [4.69, 9.17) is 14.2 Å². The number of aromatic nitrogens is 1. The van der Waals surface area contributed by atoms with Crippen molar-refractivity contribution < 1.29 is 36.6 Å². The molecule has 0 fully saturated rings. The summed E-state index contributed by atoms with van der Waals surface area (Å²) in [5, 5.41) is 0. The van der Waals surface area contributed by atoms with Crippen molar-refractivity contribution in [3.8, 4) is 11.5 Å². The average Bonchev–Trinajstić information content (AvgIpc) is 3.29. The first-order chi connectivity index (χ1) is 21.0. The number of benzene rings is 3. The Labute approximate surface area is 253 Å². The van der Waals surface area contributed by atoms with Crippen molar-refractivity contribution in [1.82, 2.24) is 4.57 Å². The molecule has 0 bridgehead atoms. The van der Waals surface area contributed by atoms with Gasteiger partial charge in [0.2, 0.25) is 0 Å². The summed E-state index contributed by atoms with van der Waals surface area (Å²) in [6.45, 7) is 3.34. The summed E-state index contributed by atoms with van der Waals surface area (Å²) in [4.78, 5) is 31.7. The number of halogens is 4. The van der Waals surface area contributed by atoms with Crippen LogP contribution in [0, 0.1) is 5.82 Å². The van der Waals surface area contributed by atoms with Crippen molar-refractivity contribution in [2.24, 2.45) is 4.99 Å². The van der Waals surface area contributed by atoms with E-state index in [2.05, 4.69) is 4.99 Å². The third-order valence-corrected chi connectivity index (χ3v) is 7.84. The summed E-state index contributed by atoms with van der Waals surface area (Å²) in [7, 11) is 1.46. The quantitative estimate of drug-likeness (QED) is 0.190. The molecule has 1 aliphatic heterocycles. The number of methoxy groups -OCH3 is 1. The lowest BCUT2D eigenvalue weighted by Crippen LogP contribution is -2.39. The zero-order chi connectivity index (χ0) is 31.6. The predicted molar refractivity (Wildman–Crippen MR) is 156 cm³/mol. The average molecular weight is 627 g/mol. The molecule has 0 spiro atoms. The normalized spacial score (nSPS) is 15.1. The van der Waals surface area contributed by atoms with Crippen LogP contribution in [0.2, 0.25) is 0 Å². The van der Waals surface area contributed by atoms with E-state index in [0.717, 1.165) is 23.5 Å². The van der Waals surface area contributed by atoms with Crippen LogP contribution in [-0.4, -0.2) is 24.3 Å². The smallest absolute Gasteiger partial charge is 0.416 e. The molecule has 0 aliphatic carbocycles. The zero-order valence-corrected chi connectivity index (χ0v) is 24.6. The fraction of sp³-hybridized carbons (Fsp3) is 0.219. The number of carbonyl (C=O) groups excluding carboxylic acids is 1. The fourth-order valence-corrected chi connectivity index (χ4v) is 5.87. The van der Waals surface area contributed by atoms with E-state index in [0.29, 0.717) is 37.5 Å². The van der Waals surface area contributed by atoms with Crippen molar-refractivity contribution in [2.45, 2.75) is 32.7 Å². The van der Waals surface area contributed by atoms with Crippen molar-refractivity contribution in [3.63, 3.8) is 0 Å². The minimum Gasteiger partial charge on any atom is -0.496 e. The van der Waals surface area contributed by atoms with Crippen molar-refractivity contribution in [1.29, 1.82) is 0 Å². The lowest BCUT2D eigenvalue weighted by molar-refractivity contribution is -0.139. The first-order valence-corrected chi connectivity index (χ1v) is 14.2. The summed E-state index contributed by atoms with van der Waals surface area (Å²) in [5.41, 5.74) is 0.950. The number of allylic oxidation sites excluding steroid dienone is 1. The first kappa shape index (κ1) is 30.7. The number of fused-ring (bicyclic) bond motifs is 1. The van der Waals surface area contributed by atoms with Crippen LogP contribution in [0.3, 0.4) is 0 Å². The fourth-order valence-electron chi connectivity index (χ4n) is 4.83. The highest BCUT2D eigenvalue weighted by Gasteiger charge is 2.33. The highest BCUT2D eigenvalue weighted by molar-refractivity contribution is 7.07. The summed E-state index contributed by atoms with van der Waals surface area (Å²) in [6, 6.07) is 14.3. The SMILES string of the molecule is CCOC(=O)C1=C(C)N=c2sc(=Cc3ccc(OC)c(COc4cccc(C(F)(F)F)c4)c3)c(=O)n2[C@H]1c1ccc(F)cc1. The topological polar surface area (TPSA) is 79.1 Å². The number of hydrogen-bond acceptors (Lipinski definition) is 7. The summed E-state index contributed by atoms with van der Waals surface area (Å²) < 4.78 is 71.2. The molecule has 228 valence electrons. The van der Waals surface area contributed by atoms with Gasteiger partial charge in [-0.15, -0.1) is 0 Å². The number of carbonyl (C=O) groups is 1. The first-order valence-electron chi connectivity index (χ1n) is 13.4. The van der Waals surface area contributed by atoms with Gasteiger partial charge in [-0.25, -0.2) is 14.2 Å². The van der Waals surface area contributed by atoms with E-state index in [1.807, 2.05) is 0 Å². The summed E-state index contributed by atoms with van der Waals surface area (Å²) in [5.74, 6) is -0.611. The van der Waals surface area contributed by atoms with Crippen LogP contribution in [0.4, 0.5) is 17.6 Å². The van der Waals surface area contributed by atoms with Crippen molar-refractivity contribution in [3.05, 3.63) is 126 Å². The highest BCUT2D eigenvalue weighted by atomic mass is 32.1. The van der Waals surface area contributed by atoms with Crippen LogP contribution >= 0.6 is 11.3 Å². The molecular weight excluding hydrogens is 600 g/mol.